The SMILES string of the molecule is CCCCCOc1cccc2c1C(=O)N(CCc1ccc(O)cc1)C2=O. The van der Waals surface area contributed by atoms with Crippen molar-refractivity contribution in [3.8, 4) is 11.5 Å². The van der Waals surface area contributed by atoms with Crippen molar-refractivity contribution in [2.45, 2.75) is 32.6 Å². The highest BCUT2D eigenvalue weighted by molar-refractivity contribution is 6.22. The molecule has 0 atom stereocenters. The van der Waals surface area contributed by atoms with Gasteiger partial charge in [0.2, 0.25) is 0 Å². The lowest BCUT2D eigenvalue weighted by Crippen LogP contribution is -2.31. The van der Waals surface area contributed by atoms with Gasteiger partial charge in [-0.3, -0.25) is 14.5 Å². The van der Waals surface area contributed by atoms with Crippen LogP contribution in [0.25, 0.3) is 0 Å². The van der Waals surface area contributed by atoms with Gasteiger partial charge in [0.05, 0.1) is 17.7 Å². The predicted octanol–water partition coefficient (Wildman–Crippen LogP) is 3.80. The molecular formula is C21H23NO4. The molecule has 0 saturated heterocycles. The highest BCUT2D eigenvalue weighted by Gasteiger charge is 2.37. The fourth-order valence-electron chi connectivity index (χ4n) is 3.06. The highest BCUT2D eigenvalue weighted by Crippen LogP contribution is 2.31. The Kier molecular flexibility index (Phi) is 5.56. The van der Waals surface area contributed by atoms with E-state index in [0.29, 0.717) is 36.4 Å². The third-order valence-corrected chi connectivity index (χ3v) is 4.53. The van der Waals surface area contributed by atoms with Gasteiger partial charge in [-0.2, -0.15) is 0 Å². The maximum Gasteiger partial charge on any atom is 0.265 e. The number of unbranched alkanes of at least 4 members (excludes halogenated alkanes) is 2. The minimum Gasteiger partial charge on any atom is -0.508 e. The van der Waals surface area contributed by atoms with Crippen LogP contribution in [0, 0.1) is 0 Å². The third-order valence-electron chi connectivity index (χ3n) is 4.53. The minimum absolute atomic E-state index is 0.194. The van der Waals surface area contributed by atoms with E-state index in [-0.39, 0.29) is 17.6 Å². The average Bonchev–Trinajstić information content (AvgIpc) is 2.90. The van der Waals surface area contributed by atoms with E-state index in [9.17, 15) is 14.7 Å². The van der Waals surface area contributed by atoms with Crippen molar-refractivity contribution in [3.05, 3.63) is 59.2 Å². The average molecular weight is 353 g/mol. The number of nitrogens with zero attached hydrogens (tertiary/aromatic N) is 1. The summed E-state index contributed by atoms with van der Waals surface area (Å²) >= 11 is 0. The van der Waals surface area contributed by atoms with E-state index in [1.165, 1.54) is 4.90 Å². The lowest BCUT2D eigenvalue weighted by Gasteiger charge is -2.14. The van der Waals surface area contributed by atoms with E-state index in [1.54, 1.807) is 42.5 Å². The van der Waals surface area contributed by atoms with Crippen molar-refractivity contribution < 1.29 is 19.4 Å². The molecule has 0 aliphatic carbocycles. The van der Waals surface area contributed by atoms with E-state index in [4.69, 9.17) is 4.74 Å². The molecule has 5 nitrogen and oxygen atoms in total. The van der Waals surface area contributed by atoms with E-state index in [1.807, 2.05) is 0 Å². The third kappa shape index (κ3) is 3.72. The molecule has 0 bridgehead atoms. The van der Waals surface area contributed by atoms with Crippen molar-refractivity contribution in [3.63, 3.8) is 0 Å². The Balaban J connectivity index is 1.71. The number of hydrogen-bond donors (Lipinski definition) is 1. The number of fused-ring (bicyclic) bond motifs is 1. The van der Waals surface area contributed by atoms with Gasteiger partial charge in [0, 0.05) is 6.54 Å². The fraction of sp³-hybridized carbons (Fsp3) is 0.333. The second kappa shape index (κ2) is 8.04. The van der Waals surface area contributed by atoms with Crippen LogP contribution in [-0.4, -0.2) is 35.0 Å². The summed E-state index contributed by atoms with van der Waals surface area (Å²) in [6, 6.07) is 11.9. The summed E-state index contributed by atoms with van der Waals surface area (Å²) in [5.41, 5.74) is 1.74. The number of hydrogen-bond acceptors (Lipinski definition) is 4. The number of phenolic OH excluding ortho intramolecular Hbond substituents is 1. The van der Waals surface area contributed by atoms with E-state index < -0.39 is 0 Å². The van der Waals surface area contributed by atoms with Gasteiger partial charge in [-0.05, 0) is 42.7 Å². The molecule has 3 rings (SSSR count). The van der Waals surface area contributed by atoms with Crippen LogP contribution in [0.15, 0.2) is 42.5 Å². The normalized spacial score (nSPS) is 13.2. The van der Waals surface area contributed by atoms with Crippen LogP contribution in [0.3, 0.4) is 0 Å². The molecule has 2 amide bonds. The molecule has 136 valence electrons. The molecule has 0 fully saturated rings. The Bertz CT molecular complexity index is 798. The summed E-state index contributed by atoms with van der Waals surface area (Å²) in [4.78, 5) is 26.7. The Labute approximate surface area is 153 Å². The zero-order valence-corrected chi connectivity index (χ0v) is 14.9. The Morgan fingerprint density at radius 3 is 2.50 bits per heavy atom. The van der Waals surface area contributed by atoms with Crippen molar-refractivity contribution >= 4 is 11.8 Å². The summed E-state index contributed by atoms with van der Waals surface area (Å²) in [5.74, 6) is 0.112. The van der Waals surface area contributed by atoms with Gasteiger partial charge in [-0.1, -0.05) is 38.0 Å². The van der Waals surface area contributed by atoms with E-state index >= 15 is 0 Å². The van der Waals surface area contributed by atoms with Gasteiger partial charge in [-0.15, -0.1) is 0 Å². The molecule has 1 N–H and O–H groups in total. The number of phenols is 1. The predicted molar refractivity (Wildman–Crippen MR) is 98.6 cm³/mol. The minimum atomic E-state index is -0.296. The molecule has 0 saturated carbocycles. The van der Waals surface area contributed by atoms with Crippen molar-refractivity contribution in [2.75, 3.05) is 13.2 Å². The molecule has 0 spiro atoms. The molecule has 0 radical (unpaired) electrons. The van der Waals surface area contributed by atoms with Crippen LogP contribution in [0.5, 0.6) is 11.5 Å². The van der Waals surface area contributed by atoms with Crippen LogP contribution in [0.4, 0.5) is 0 Å². The molecular weight excluding hydrogens is 330 g/mol. The van der Waals surface area contributed by atoms with E-state index in [2.05, 4.69) is 6.92 Å². The summed E-state index contributed by atoms with van der Waals surface area (Å²) in [7, 11) is 0. The zero-order chi connectivity index (χ0) is 18.5. The molecule has 1 aliphatic rings. The summed E-state index contributed by atoms with van der Waals surface area (Å²) < 4.78 is 5.77. The maximum absolute atomic E-state index is 12.8. The highest BCUT2D eigenvalue weighted by atomic mass is 16.5. The van der Waals surface area contributed by atoms with Crippen LogP contribution < -0.4 is 4.74 Å². The Hall–Kier alpha value is -2.82. The van der Waals surface area contributed by atoms with Gasteiger partial charge >= 0.3 is 0 Å². The number of imide groups is 1. The number of aromatic hydroxyl groups is 1. The molecule has 26 heavy (non-hydrogen) atoms. The molecule has 1 heterocycles. The monoisotopic (exact) mass is 353 g/mol. The second-order valence-corrected chi connectivity index (χ2v) is 6.41. The number of rotatable bonds is 8. The zero-order valence-electron chi connectivity index (χ0n) is 14.9. The molecule has 2 aromatic carbocycles. The molecule has 5 heteroatoms. The summed E-state index contributed by atoms with van der Waals surface area (Å²) in [5, 5.41) is 9.34. The lowest BCUT2D eigenvalue weighted by molar-refractivity contribution is 0.0655. The van der Waals surface area contributed by atoms with Crippen LogP contribution in [-0.2, 0) is 6.42 Å². The van der Waals surface area contributed by atoms with Crippen molar-refractivity contribution in [1.29, 1.82) is 0 Å². The topological polar surface area (TPSA) is 66.8 Å². The lowest BCUT2D eigenvalue weighted by atomic mass is 10.1. The van der Waals surface area contributed by atoms with Gasteiger partial charge in [-0.25, -0.2) is 0 Å². The molecule has 1 aliphatic heterocycles. The first-order chi connectivity index (χ1) is 12.6. The van der Waals surface area contributed by atoms with Crippen LogP contribution in [0.2, 0.25) is 0 Å². The molecule has 2 aromatic rings. The van der Waals surface area contributed by atoms with Crippen LogP contribution >= 0.6 is 0 Å². The first-order valence-corrected chi connectivity index (χ1v) is 9.01. The van der Waals surface area contributed by atoms with Gasteiger partial charge in [0.1, 0.15) is 11.5 Å². The maximum atomic E-state index is 12.8. The fourth-order valence-corrected chi connectivity index (χ4v) is 3.06. The van der Waals surface area contributed by atoms with Crippen molar-refractivity contribution in [2.24, 2.45) is 0 Å². The van der Waals surface area contributed by atoms with Crippen molar-refractivity contribution in [1.82, 2.24) is 4.90 Å². The van der Waals surface area contributed by atoms with Crippen LogP contribution in [0.1, 0.15) is 52.5 Å². The Morgan fingerprint density at radius 1 is 1.00 bits per heavy atom. The first-order valence-electron chi connectivity index (χ1n) is 9.01. The van der Waals surface area contributed by atoms with Gasteiger partial charge in [0.25, 0.3) is 11.8 Å². The summed E-state index contributed by atoms with van der Waals surface area (Å²) in [6.45, 7) is 2.96. The van der Waals surface area contributed by atoms with Gasteiger partial charge in [0.15, 0.2) is 0 Å². The van der Waals surface area contributed by atoms with E-state index in [0.717, 1.165) is 24.8 Å². The smallest absolute Gasteiger partial charge is 0.265 e. The Morgan fingerprint density at radius 2 is 1.77 bits per heavy atom. The number of carbonyl (C=O) groups excluding carboxylic acids is 2. The number of benzene rings is 2. The first kappa shape index (κ1) is 18.0. The summed E-state index contributed by atoms with van der Waals surface area (Å²) in [6.07, 6.45) is 3.63. The number of amides is 2. The second-order valence-electron chi connectivity index (χ2n) is 6.41. The number of ether oxygens (including phenoxy) is 1. The standard InChI is InChI=1S/C21H23NO4/c1-2-3-4-14-26-18-7-5-6-17-19(18)21(25)22(20(17)24)13-12-15-8-10-16(23)11-9-15/h5-11,23H,2-4,12-14H2,1H3. The molecule has 0 aromatic heterocycles. The van der Waals surface area contributed by atoms with Gasteiger partial charge < -0.3 is 9.84 Å². The quantitative estimate of drug-likeness (QED) is 0.579. The largest absolute Gasteiger partial charge is 0.508 e. The molecule has 0 unspecified atom stereocenters. The number of carbonyl (C=O) groups is 2.